The number of nitrogens with zero attached hydrogens (tertiary/aromatic N) is 4. The van der Waals surface area contributed by atoms with Crippen LogP contribution in [0.25, 0.3) is 22.0 Å². The fourth-order valence-electron chi connectivity index (χ4n) is 5.49. The fraction of sp³-hybridized carbons (Fsp3) is 0.447. The number of ether oxygens (including phenoxy) is 2. The summed E-state index contributed by atoms with van der Waals surface area (Å²) in [6.07, 6.45) is 2.68. The van der Waals surface area contributed by atoms with Crippen LogP contribution >= 0.6 is 0 Å². The van der Waals surface area contributed by atoms with Gasteiger partial charge in [0.15, 0.2) is 0 Å². The third-order valence-electron chi connectivity index (χ3n) is 8.03. The molecule has 2 aromatic carbocycles. The maximum Gasteiger partial charge on any atom is 0.410 e. The van der Waals surface area contributed by atoms with Gasteiger partial charge in [-0.25, -0.2) is 4.79 Å². The standard InChI is InChI=1S/C38H46N6O7/c1-25(2)24-50-34(46)23-43(37(49)51-38(3,4)5)18-7-16-41-35(47)27-11-9-26(10-12-27)28-13-14-32-31(20-28)30(15-17-40-32)36(48)42-22-33(45)44-19-6-8-29(44)21-39/h9-15,17,20,25,29H,6-8,16,18-19,22-24H2,1-5H3,(H,41,47)(H,42,48)/t29-/m0/s1. The lowest BCUT2D eigenvalue weighted by Crippen LogP contribution is -2.42. The van der Waals surface area contributed by atoms with Gasteiger partial charge in [-0.2, -0.15) is 5.26 Å². The topological polar surface area (TPSA) is 171 Å². The largest absolute Gasteiger partial charge is 0.464 e. The molecule has 0 spiro atoms. The fourth-order valence-corrected chi connectivity index (χ4v) is 5.49. The van der Waals surface area contributed by atoms with E-state index >= 15 is 0 Å². The van der Waals surface area contributed by atoms with Gasteiger partial charge in [-0.15, -0.1) is 0 Å². The maximum absolute atomic E-state index is 13.2. The second-order valence-corrected chi connectivity index (χ2v) is 13.8. The van der Waals surface area contributed by atoms with Crippen molar-refractivity contribution in [3.05, 3.63) is 65.9 Å². The Morgan fingerprint density at radius 1 is 1.02 bits per heavy atom. The summed E-state index contributed by atoms with van der Waals surface area (Å²) in [5, 5.41) is 15.4. The zero-order chi connectivity index (χ0) is 37.1. The zero-order valence-electron chi connectivity index (χ0n) is 29.9. The van der Waals surface area contributed by atoms with Crippen molar-refractivity contribution >= 4 is 40.7 Å². The minimum absolute atomic E-state index is 0.161. The lowest BCUT2D eigenvalue weighted by molar-refractivity contribution is -0.146. The molecule has 1 fully saturated rings. The second-order valence-electron chi connectivity index (χ2n) is 13.8. The summed E-state index contributed by atoms with van der Waals surface area (Å²) in [6, 6.07) is 15.8. The van der Waals surface area contributed by atoms with Crippen molar-refractivity contribution in [2.45, 2.75) is 65.5 Å². The molecule has 0 saturated carbocycles. The predicted molar refractivity (Wildman–Crippen MR) is 190 cm³/mol. The normalized spacial score (nSPS) is 14.1. The van der Waals surface area contributed by atoms with Gasteiger partial charge in [0.2, 0.25) is 5.91 Å². The Morgan fingerprint density at radius 3 is 2.43 bits per heavy atom. The number of likely N-dealkylation sites (tertiary alicyclic amines) is 1. The lowest BCUT2D eigenvalue weighted by Gasteiger charge is -2.27. The molecule has 13 nitrogen and oxygen atoms in total. The Morgan fingerprint density at radius 2 is 1.75 bits per heavy atom. The molecule has 51 heavy (non-hydrogen) atoms. The number of rotatable bonds is 13. The van der Waals surface area contributed by atoms with E-state index in [0.717, 1.165) is 17.5 Å². The van der Waals surface area contributed by atoms with Gasteiger partial charge in [0.25, 0.3) is 11.8 Å². The van der Waals surface area contributed by atoms with E-state index in [0.29, 0.717) is 41.4 Å². The van der Waals surface area contributed by atoms with E-state index in [2.05, 4.69) is 21.7 Å². The monoisotopic (exact) mass is 698 g/mol. The summed E-state index contributed by atoms with van der Waals surface area (Å²) in [4.78, 5) is 71.0. The molecule has 1 aromatic heterocycles. The minimum Gasteiger partial charge on any atom is -0.464 e. The average Bonchev–Trinajstić information content (AvgIpc) is 3.59. The number of benzene rings is 2. The quantitative estimate of drug-likeness (QED) is 0.190. The molecule has 2 N–H and O–H groups in total. The highest BCUT2D eigenvalue weighted by atomic mass is 16.6. The molecule has 270 valence electrons. The second kappa shape index (κ2) is 17.4. The van der Waals surface area contributed by atoms with Crippen molar-refractivity contribution < 1.29 is 33.4 Å². The molecular weight excluding hydrogens is 652 g/mol. The van der Waals surface area contributed by atoms with Crippen LogP contribution in [0.1, 0.15) is 74.6 Å². The Labute approximate surface area is 298 Å². The van der Waals surface area contributed by atoms with E-state index in [1.165, 1.54) is 16.0 Å². The summed E-state index contributed by atoms with van der Waals surface area (Å²) < 4.78 is 10.7. The first kappa shape index (κ1) is 38.3. The molecule has 0 bridgehead atoms. The first-order valence-electron chi connectivity index (χ1n) is 17.1. The van der Waals surface area contributed by atoms with Crippen molar-refractivity contribution in [2.24, 2.45) is 5.92 Å². The molecule has 1 aliphatic heterocycles. The Bertz CT molecular complexity index is 1780. The highest BCUT2D eigenvalue weighted by Crippen LogP contribution is 2.26. The molecule has 0 aliphatic carbocycles. The van der Waals surface area contributed by atoms with Gasteiger partial charge in [0.1, 0.15) is 18.2 Å². The van der Waals surface area contributed by atoms with Gasteiger partial charge < -0.3 is 25.0 Å². The smallest absolute Gasteiger partial charge is 0.410 e. The molecule has 4 rings (SSSR count). The number of carbonyl (C=O) groups excluding carboxylic acids is 5. The van der Waals surface area contributed by atoms with Crippen LogP contribution in [-0.4, -0.2) is 95.5 Å². The Hall–Kier alpha value is -5.51. The van der Waals surface area contributed by atoms with E-state index in [1.54, 1.807) is 57.2 Å². The molecule has 1 saturated heterocycles. The number of nitrogens with one attached hydrogen (secondary N) is 2. The number of pyridine rings is 1. The van der Waals surface area contributed by atoms with E-state index in [4.69, 9.17) is 9.47 Å². The number of fused-ring (bicyclic) bond motifs is 1. The van der Waals surface area contributed by atoms with Gasteiger partial charge in [-0.05, 0) is 87.4 Å². The first-order chi connectivity index (χ1) is 24.3. The zero-order valence-corrected chi connectivity index (χ0v) is 29.9. The van der Waals surface area contributed by atoms with Crippen LogP contribution in [0.4, 0.5) is 4.79 Å². The van der Waals surface area contributed by atoms with E-state index in [9.17, 15) is 29.2 Å². The molecule has 1 atom stereocenters. The highest BCUT2D eigenvalue weighted by Gasteiger charge is 2.29. The SMILES string of the molecule is CC(C)COC(=O)CN(CCCNC(=O)c1ccc(-c2ccc3nccc(C(=O)NCC(=O)N4CCC[C@H]4C#N)c3c2)cc1)C(=O)OC(C)(C)C. The van der Waals surface area contributed by atoms with Gasteiger partial charge in [-0.1, -0.05) is 32.0 Å². The van der Waals surface area contributed by atoms with Crippen LogP contribution in [0, 0.1) is 17.2 Å². The number of hydrogen-bond donors (Lipinski definition) is 2. The molecule has 3 aromatic rings. The van der Waals surface area contributed by atoms with E-state index in [-0.39, 0.29) is 50.5 Å². The number of carbonyl (C=O) groups is 5. The van der Waals surface area contributed by atoms with Gasteiger partial charge in [-0.3, -0.25) is 29.1 Å². The van der Waals surface area contributed by atoms with E-state index < -0.39 is 29.6 Å². The third-order valence-corrected chi connectivity index (χ3v) is 8.03. The molecular formula is C38H46N6O7. The van der Waals surface area contributed by atoms with Crippen molar-refractivity contribution in [3.63, 3.8) is 0 Å². The number of nitriles is 1. The van der Waals surface area contributed by atoms with Crippen LogP contribution in [0.3, 0.4) is 0 Å². The predicted octanol–water partition coefficient (Wildman–Crippen LogP) is 4.70. The van der Waals surface area contributed by atoms with Gasteiger partial charge in [0.05, 0.1) is 30.3 Å². The molecule has 1 aliphatic rings. The van der Waals surface area contributed by atoms with Crippen molar-refractivity contribution in [3.8, 4) is 17.2 Å². The number of esters is 1. The molecule has 0 unspecified atom stereocenters. The summed E-state index contributed by atoms with van der Waals surface area (Å²) in [5.41, 5.74) is 2.28. The Kier molecular flexibility index (Phi) is 13.1. The van der Waals surface area contributed by atoms with Crippen molar-refractivity contribution in [1.29, 1.82) is 5.26 Å². The van der Waals surface area contributed by atoms with Gasteiger partial charge >= 0.3 is 12.1 Å². The Balaban J connectivity index is 1.35. The summed E-state index contributed by atoms with van der Waals surface area (Å²) in [5.74, 6) is -1.38. The maximum atomic E-state index is 13.2. The summed E-state index contributed by atoms with van der Waals surface area (Å²) >= 11 is 0. The summed E-state index contributed by atoms with van der Waals surface area (Å²) in [6.45, 7) is 9.80. The highest BCUT2D eigenvalue weighted by molar-refractivity contribution is 6.07. The number of hydrogen-bond acceptors (Lipinski definition) is 9. The molecule has 13 heteroatoms. The molecule has 2 heterocycles. The molecule has 0 radical (unpaired) electrons. The summed E-state index contributed by atoms with van der Waals surface area (Å²) in [7, 11) is 0. The van der Waals surface area contributed by atoms with Crippen LogP contribution < -0.4 is 10.6 Å². The van der Waals surface area contributed by atoms with Crippen molar-refractivity contribution in [2.75, 3.05) is 39.3 Å². The van der Waals surface area contributed by atoms with Crippen LogP contribution in [-0.2, 0) is 19.1 Å². The number of amides is 4. The lowest BCUT2D eigenvalue weighted by atomic mass is 9.99. The van der Waals surface area contributed by atoms with E-state index in [1.807, 2.05) is 26.0 Å². The molecule has 4 amide bonds. The number of aromatic nitrogens is 1. The van der Waals surface area contributed by atoms with Crippen molar-refractivity contribution in [1.82, 2.24) is 25.4 Å². The van der Waals surface area contributed by atoms with Crippen LogP contribution in [0.15, 0.2) is 54.7 Å². The first-order valence-corrected chi connectivity index (χ1v) is 17.1. The van der Waals surface area contributed by atoms with Crippen LogP contribution in [0.2, 0.25) is 0 Å². The third kappa shape index (κ3) is 11.0. The van der Waals surface area contributed by atoms with Gasteiger partial charge in [0, 0.05) is 36.8 Å². The average molecular weight is 699 g/mol. The minimum atomic E-state index is -0.739. The van der Waals surface area contributed by atoms with Crippen LogP contribution in [0.5, 0.6) is 0 Å².